The van der Waals surface area contributed by atoms with Crippen molar-refractivity contribution in [2.24, 2.45) is 0 Å². The van der Waals surface area contributed by atoms with Gasteiger partial charge < -0.3 is 15.5 Å². The first kappa shape index (κ1) is 14.1. The van der Waals surface area contributed by atoms with Gasteiger partial charge in [-0.25, -0.2) is 4.98 Å². The number of carbonyl (C=O) groups excluding carboxylic acids is 1. The smallest absolute Gasteiger partial charge is 0.267 e. The van der Waals surface area contributed by atoms with E-state index in [2.05, 4.69) is 16.8 Å². The second-order valence-corrected chi connectivity index (χ2v) is 5.96. The van der Waals surface area contributed by atoms with Crippen molar-refractivity contribution in [1.29, 1.82) is 0 Å². The topological polar surface area (TPSA) is 62.5 Å². The molecule has 2 rings (SSSR count). The molecule has 1 aliphatic heterocycles. The zero-order valence-electron chi connectivity index (χ0n) is 11.7. The van der Waals surface area contributed by atoms with Crippen LogP contribution in [0, 0.1) is 0 Å². The maximum atomic E-state index is 12.2. The van der Waals surface area contributed by atoms with Crippen molar-refractivity contribution in [2.75, 3.05) is 37.3 Å². The fraction of sp³-hybridized carbons (Fsp3) is 0.692. The molecule has 0 bridgehead atoms. The standard InChI is InChI=1S/C13H22N4OS/c1-3-7-16(2)12(18)10-11(14)15-13(19-10)17-8-5-4-6-9-17/h3-9,14H2,1-2H3. The third-order valence-electron chi connectivity index (χ3n) is 3.37. The number of nitrogen functional groups attached to an aromatic ring is 1. The first-order valence-electron chi connectivity index (χ1n) is 6.90. The van der Waals surface area contributed by atoms with Gasteiger partial charge in [0.05, 0.1) is 0 Å². The number of thiazole rings is 1. The Kier molecular flexibility index (Phi) is 4.63. The summed E-state index contributed by atoms with van der Waals surface area (Å²) in [7, 11) is 1.81. The van der Waals surface area contributed by atoms with Gasteiger partial charge in [-0.3, -0.25) is 4.79 Å². The molecule has 1 aromatic rings. The predicted octanol–water partition coefficient (Wildman–Crippen LogP) is 2.20. The average Bonchev–Trinajstić information content (AvgIpc) is 2.81. The molecular weight excluding hydrogens is 260 g/mol. The quantitative estimate of drug-likeness (QED) is 0.919. The molecule has 0 aliphatic carbocycles. The minimum Gasteiger partial charge on any atom is -0.382 e. The summed E-state index contributed by atoms with van der Waals surface area (Å²) in [5.41, 5.74) is 5.91. The van der Waals surface area contributed by atoms with Gasteiger partial charge in [-0.15, -0.1) is 0 Å². The molecule has 1 fully saturated rings. The Labute approximate surface area is 118 Å². The van der Waals surface area contributed by atoms with Gasteiger partial charge in [0.15, 0.2) is 5.13 Å². The fourth-order valence-corrected chi connectivity index (χ4v) is 3.34. The van der Waals surface area contributed by atoms with E-state index in [1.165, 1.54) is 30.6 Å². The van der Waals surface area contributed by atoms with Crippen molar-refractivity contribution in [1.82, 2.24) is 9.88 Å². The Morgan fingerprint density at radius 3 is 2.74 bits per heavy atom. The number of nitrogens with zero attached hydrogens (tertiary/aromatic N) is 3. The van der Waals surface area contributed by atoms with Crippen molar-refractivity contribution in [3.8, 4) is 0 Å². The van der Waals surface area contributed by atoms with E-state index >= 15 is 0 Å². The lowest BCUT2D eigenvalue weighted by Gasteiger charge is -2.25. The molecule has 0 saturated carbocycles. The molecule has 0 atom stereocenters. The summed E-state index contributed by atoms with van der Waals surface area (Å²) in [5.74, 6) is 0.360. The van der Waals surface area contributed by atoms with Crippen LogP contribution in [-0.4, -0.2) is 42.5 Å². The molecule has 19 heavy (non-hydrogen) atoms. The molecule has 0 spiro atoms. The van der Waals surface area contributed by atoms with E-state index in [0.29, 0.717) is 10.7 Å². The summed E-state index contributed by atoms with van der Waals surface area (Å²) in [6.45, 7) is 4.84. The monoisotopic (exact) mass is 282 g/mol. The van der Waals surface area contributed by atoms with Crippen LogP contribution in [0.4, 0.5) is 10.9 Å². The van der Waals surface area contributed by atoms with Gasteiger partial charge in [-0.1, -0.05) is 18.3 Å². The minimum absolute atomic E-state index is 0.0138. The van der Waals surface area contributed by atoms with E-state index in [-0.39, 0.29) is 5.91 Å². The summed E-state index contributed by atoms with van der Waals surface area (Å²) >= 11 is 1.43. The fourth-order valence-electron chi connectivity index (χ4n) is 2.30. The summed E-state index contributed by atoms with van der Waals surface area (Å²) in [4.78, 5) is 21.2. The van der Waals surface area contributed by atoms with Crippen LogP contribution in [0.1, 0.15) is 42.3 Å². The summed E-state index contributed by atoms with van der Waals surface area (Å²) < 4.78 is 0. The van der Waals surface area contributed by atoms with Crippen LogP contribution in [-0.2, 0) is 0 Å². The highest BCUT2D eigenvalue weighted by atomic mass is 32.1. The zero-order valence-corrected chi connectivity index (χ0v) is 12.5. The van der Waals surface area contributed by atoms with E-state index in [1.54, 1.807) is 4.90 Å². The summed E-state index contributed by atoms with van der Waals surface area (Å²) in [6, 6.07) is 0. The molecule has 0 radical (unpaired) electrons. The molecule has 106 valence electrons. The number of hydrogen-bond donors (Lipinski definition) is 1. The predicted molar refractivity (Wildman–Crippen MR) is 79.8 cm³/mol. The SMILES string of the molecule is CCCN(C)C(=O)c1sc(N2CCCCC2)nc1N. The third-order valence-corrected chi connectivity index (χ3v) is 4.49. The highest BCUT2D eigenvalue weighted by Crippen LogP contribution is 2.30. The van der Waals surface area contributed by atoms with Crippen LogP contribution in [0.2, 0.25) is 0 Å². The summed E-state index contributed by atoms with van der Waals surface area (Å²) in [6.07, 6.45) is 4.61. The van der Waals surface area contributed by atoms with Gasteiger partial charge in [0.2, 0.25) is 0 Å². The first-order chi connectivity index (χ1) is 9.13. The maximum absolute atomic E-state index is 12.2. The normalized spacial score (nSPS) is 15.6. The van der Waals surface area contributed by atoms with Crippen molar-refractivity contribution >= 4 is 28.2 Å². The number of hydrogen-bond acceptors (Lipinski definition) is 5. The number of carbonyl (C=O) groups is 1. The number of amides is 1. The highest BCUT2D eigenvalue weighted by Gasteiger charge is 2.22. The van der Waals surface area contributed by atoms with E-state index in [4.69, 9.17) is 5.73 Å². The Bertz CT molecular complexity index is 440. The van der Waals surface area contributed by atoms with Crippen LogP contribution in [0.5, 0.6) is 0 Å². The van der Waals surface area contributed by atoms with Gasteiger partial charge in [-0.2, -0.15) is 0 Å². The van der Waals surface area contributed by atoms with Crippen molar-refractivity contribution in [3.05, 3.63) is 4.88 Å². The number of aromatic nitrogens is 1. The van der Waals surface area contributed by atoms with Crippen molar-refractivity contribution in [2.45, 2.75) is 32.6 Å². The molecule has 6 heteroatoms. The average molecular weight is 282 g/mol. The molecule has 1 amide bonds. The molecule has 1 aliphatic rings. The Hall–Kier alpha value is -1.30. The van der Waals surface area contributed by atoms with Gasteiger partial charge in [0.1, 0.15) is 10.7 Å². The molecule has 5 nitrogen and oxygen atoms in total. The van der Waals surface area contributed by atoms with Crippen molar-refractivity contribution < 1.29 is 4.79 Å². The minimum atomic E-state index is -0.0138. The largest absolute Gasteiger partial charge is 0.382 e. The van der Waals surface area contributed by atoms with Gasteiger partial charge in [0, 0.05) is 26.7 Å². The summed E-state index contributed by atoms with van der Waals surface area (Å²) in [5, 5.41) is 0.894. The Morgan fingerprint density at radius 2 is 2.11 bits per heavy atom. The lowest BCUT2D eigenvalue weighted by Crippen LogP contribution is -2.29. The van der Waals surface area contributed by atoms with Gasteiger partial charge >= 0.3 is 0 Å². The van der Waals surface area contributed by atoms with Crippen LogP contribution in [0.3, 0.4) is 0 Å². The number of nitrogens with two attached hydrogens (primary N) is 1. The zero-order chi connectivity index (χ0) is 13.8. The second kappa shape index (κ2) is 6.23. The molecule has 0 unspecified atom stereocenters. The van der Waals surface area contributed by atoms with Crippen LogP contribution in [0.25, 0.3) is 0 Å². The van der Waals surface area contributed by atoms with Crippen LogP contribution < -0.4 is 10.6 Å². The third kappa shape index (κ3) is 3.18. The van der Waals surface area contributed by atoms with Crippen LogP contribution >= 0.6 is 11.3 Å². The first-order valence-corrected chi connectivity index (χ1v) is 7.71. The highest BCUT2D eigenvalue weighted by molar-refractivity contribution is 7.18. The van der Waals surface area contributed by atoms with E-state index < -0.39 is 0 Å². The van der Waals surface area contributed by atoms with E-state index in [1.807, 2.05) is 7.05 Å². The van der Waals surface area contributed by atoms with Crippen LogP contribution in [0.15, 0.2) is 0 Å². The number of rotatable bonds is 4. The maximum Gasteiger partial charge on any atom is 0.267 e. The van der Waals surface area contributed by atoms with E-state index in [0.717, 1.165) is 31.2 Å². The lowest BCUT2D eigenvalue weighted by atomic mass is 10.1. The Morgan fingerprint density at radius 1 is 1.42 bits per heavy atom. The molecular formula is C13H22N4OS. The second-order valence-electron chi connectivity index (χ2n) is 4.99. The van der Waals surface area contributed by atoms with E-state index in [9.17, 15) is 4.79 Å². The molecule has 2 N–H and O–H groups in total. The molecule has 0 aromatic carbocycles. The molecule has 1 aromatic heterocycles. The van der Waals surface area contributed by atoms with Crippen molar-refractivity contribution in [3.63, 3.8) is 0 Å². The lowest BCUT2D eigenvalue weighted by molar-refractivity contribution is 0.0800. The number of piperidine rings is 1. The van der Waals surface area contributed by atoms with Gasteiger partial charge in [0.25, 0.3) is 5.91 Å². The molecule has 1 saturated heterocycles. The number of anilines is 2. The molecule has 2 heterocycles. The Balaban J connectivity index is 2.13. The van der Waals surface area contributed by atoms with Gasteiger partial charge in [-0.05, 0) is 25.7 Å².